The van der Waals surface area contributed by atoms with Gasteiger partial charge in [-0.2, -0.15) is 5.10 Å². The van der Waals surface area contributed by atoms with E-state index in [1.807, 2.05) is 28.9 Å². The summed E-state index contributed by atoms with van der Waals surface area (Å²) in [6.07, 6.45) is 8.63. The normalized spacial score (nSPS) is 14.9. The molecule has 1 aliphatic carbocycles. The van der Waals surface area contributed by atoms with Gasteiger partial charge in [-0.3, -0.25) is 0 Å². The van der Waals surface area contributed by atoms with Crippen molar-refractivity contribution in [3.63, 3.8) is 0 Å². The van der Waals surface area contributed by atoms with Crippen LogP contribution in [0.5, 0.6) is 0 Å². The predicted molar refractivity (Wildman–Crippen MR) is 119 cm³/mol. The number of nitrogens with one attached hydrogen (secondary N) is 2. The Labute approximate surface area is 177 Å². The van der Waals surface area contributed by atoms with Crippen molar-refractivity contribution in [1.82, 2.24) is 24.9 Å². The Morgan fingerprint density at radius 2 is 2.03 bits per heavy atom. The minimum atomic E-state index is 0.477. The summed E-state index contributed by atoms with van der Waals surface area (Å²) in [6, 6.07) is 8.80. The highest BCUT2D eigenvalue weighted by Crippen LogP contribution is 2.30. The first kappa shape index (κ1) is 20.1. The number of fused-ring (bicyclic) bond motifs is 1. The van der Waals surface area contributed by atoms with E-state index >= 15 is 0 Å². The molecule has 0 bridgehead atoms. The van der Waals surface area contributed by atoms with Crippen molar-refractivity contribution in [3.05, 3.63) is 41.3 Å². The Hall–Kier alpha value is -2.18. The first-order valence-electron chi connectivity index (χ1n) is 10.6. The second-order valence-corrected chi connectivity index (χ2v) is 8.46. The van der Waals surface area contributed by atoms with E-state index in [0.29, 0.717) is 23.2 Å². The van der Waals surface area contributed by atoms with Crippen molar-refractivity contribution in [3.8, 4) is 11.3 Å². The van der Waals surface area contributed by atoms with E-state index < -0.39 is 0 Å². The molecule has 0 aromatic carbocycles. The molecule has 29 heavy (non-hydrogen) atoms. The lowest BCUT2D eigenvalue weighted by molar-refractivity contribution is 0.568. The fraction of sp³-hybridized carbons (Fsp3) is 0.500. The molecule has 1 saturated carbocycles. The van der Waals surface area contributed by atoms with Gasteiger partial charge >= 0.3 is 0 Å². The summed E-state index contributed by atoms with van der Waals surface area (Å²) < 4.78 is 1.81. The van der Waals surface area contributed by atoms with Gasteiger partial charge in [-0.15, -0.1) is 0 Å². The molecule has 2 N–H and O–H groups in total. The average molecular weight is 413 g/mol. The third kappa shape index (κ3) is 4.70. The quantitative estimate of drug-likeness (QED) is 0.413. The lowest BCUT2D eigenvalue weighted by Crippen LogP contribution is -2.24. The number of aryl methyl sites for hydroxylation is 1. The van der Waals surface area contributed by atoms with E-state index in [-0.39, 0.29) is 0 Å². The molecule has 7 heteroatoms. The molecule has 4 rings (SSSR count). The van der Waals surface area contributed by atoms with Gasteiger partial charge in [-0.05, 0) is 50.4 Å². The number of halogens is 1. The number of hydrogen-bond donors (Lipinski definition) is 2. The van der Waals surface area contributed by atoms with Gasteiger partial charge in [-0.25, -0.2) is 14.5 Å². The van der Waals surface area contributed by atoms with Gasteiger partial charge in [0.2, 0.25) is 5.95 Å². The molecule has 6 nitrogen and oxygen atoms in total. The maximum atomic E-state index is 6.42. The minimum Gasteiger partial charge on any atom is -0.351 e. The van der Waals surface area contributed by atoms with Crippen LogP contribution in [0.2, 0.25) is 5.15 Å². The maximum Gasteiger partial charge on any atom is 0.223 e. The van der Waals surface area contributed by atoms with Gasteiger partial charge in [0.15, 0.2) is 0 Å². The Morgan fingerprint density at radius 3 is 2.83 bits per heavy atom. The van der Waals surface area contributed by atoms with Crippen molar-refractivity contribution < 1.29 is 0 Å². The van der Waals surface area contributed by atoms with E-state index in [9.17, 15) is 0 Å². The molecular weight excluding hydrogens is 384 g/mol. The van der Waals surface area contributed by atoms with Gasteiger partial charge in [0.05, 0.1) is 16.9 Å². The highest BCUT2D eigenvalue weighted by Gasteiger charge is 2.19. The third-order valence-electron chi connectivity index (χ3n) is 5.43. The number of rotatable bonds is 8. The zero-order chi connectivity index (χ0) is 20.2. The first-order chi connectivity index (χ1) is 14.1. The summed E-state index contributed by atoms with van der Waals surface area (Å²) in [5.41, 5.74) is 3.95. The van der Waals surface area contributed by atoms with Gasteiger partial charge < -0.3 is 10.6 Å². The van der Waals surface area contributed by atoms with Crippen molar-refractivity contribution in [2.24, 2.45) is 0 Å². The summed E-state index contributed by atoms with van der Waals surface area (Å²) in [6.45, 7) is 5.28. The summed E-state index contributed by atoms with van der Waals surface area (Å²) in [4.78, 5) is 9.29. The number of aromatic nitrogens is 4. The molecule has 154 valence electrons. The van der Waals surface area contributed by atoms with Crippen molar-refractivity contribution in [2.45, 2.75) is 64.5 Å². The summed E-state index contributed by atoms with van der Waals surface area (Å²) >= 11 is 6.42. The van der Waals surface area contributed by atoms with E-state index in [2.05, 4.69) is 35.5 Å². The Bertz CT molecular complexity index is 961. The highest BCUT2D eigenvalue weighted by molar-refractivity contribution is 6.29. The molecule has 0 aliphatic heterocycles. The molecule has 0 amide bonds. The lowest BCUT2D eigenvalue weighted by atomic mass is 10.1. The van der Waals surface area contributed by atoms with Crippen LogP contribution in [0.1, 0.15) is 51.6 Å². The number of pyridine rings is 1. The molecule has 0 atom stereocenters. The largest absolute Gasteiger partial charge is 0.351 e. The van der Waals surface area contributed by atoms with Gasteiger partial charge in [0, 0.05) is 23.8 Å². The molecule has 1 aliphatic rings. The second-order valence-electron chi connectivity index (χ2n) is 8.07. The zero-order valence-electron chi connectivity index (χ0n) is 17.2. The van der Waals surface area contributed by atoms with Crippen LogP contribution in [0, 0.1) is 0 Å². The summed E-state index contributed by atoms with van der Waals surface area (Å²) in [7, 11) is 0. The van der Waals surface area contributed by atoms with Crippen LogP contribution in [0.3, 0.4) is 0 Å². The zero-order valence-corrected chi connectivity index (χ0v) is 17.9. The molecule has 1 fully saturated rings. The van der Waals surface area contributed by atoms with E-state index in [1.165, 1.54) is 25.7 Å². The molecule has 0 saturated heterocycles. The third-order valence-corrected chi connectivity index (χ3v) is 5.71. The first-order valence-corrected chi connectivity index (χ1v) is 11.0. The van der Waals surface area contributed by atoms with E-state index in [1.54, 1.807) is 0 Å². The lowest BCUT2D eigenvalue weighted by Gasteiger charge is -2.12. The van der Waals surface area contributed by atoms with Crippen LogP contribution in [0.25, 0.3) is 16.8 Å². The van der Waals surface area contributed by atoms with Crippen LogP contribution >= 0.6 is 11.6 Å². The molecule has 0 radical (unpaired) electrons. The van der Waals surface area contributed by atoms with Crippen LogP contribution in [0.15, 0.2) is 30.5 Å². The van der Waals surface area contributed by atoms with Crippen LogP contribution in [0.4, 0.5) is 5.95 Å². The average Bonchev–Trinajstić information content (AvgIpc) is 3.33. The number of anilines is 1. The van der Waals surface area contributed by atoms with Crippen LogP contribution < -0.4 is 10.6 Å². The van der Waals surface area contributed by atoms with E-state index in [4.69, 9.17) is 21.7 Å². The SMILES string of the molecule is CC(C)NCCCc1nn2c(Cl)cccc2c1-c1ccnc(NC2CCCC2)n1. The molecular formula is C22H29ClN6. The monoisotopic (exact) mass is 412 g/mol. The smallest absolute Gasteiger partial charge is 0.223 e. The summed E-state index contributed by atoms with van der Waals surface area (Å²) in [5.74, 6) is 0.697. The fourth-order valence-electron chi connectivity index (χ4n) is 4.01. The van der Waals surface area contributed by atoms with Gasteiger partial charge in [0.1, 0.15) is 5.15 Å². The van der Waals surface area contributed by atoms with Gasteiger partial charge in [0.25, 0.3) is 0 Å². The van der Waals surface area contributed by atoms with E-state index in [0.717, 1.165) is 41.9 Å². The molecule has 0 spiro atoms. The summed E-state index contributed by atoms with van der Waals surface area (Å²) in [5, 5.41) is 12.4. The topological polar surface area (TPSA) is 67.1 Å². The Balaban J connectivity index is 1.66. The second kappa shape index (κ2) is 9.09. The predicted octanol–water partition coefficient (Wildman–Crippen LogP) is 4.73. The minimum absolute atomic E-state index is 0.477. The van der Waals surface area contributed by atoms with Crippen molar-refractivity contribution in [2.75, 3.05) is 11.9 Å². The highest BCUT2D eigenvalue weighted by atomic mass is 35.5. The van der Waals surface area contributed by atoms with Crippen LogP contribution in [-0.4, -0.2) is 38.2 Å². The van der Waals surface area contributed by atoms with Crippen molar-refractivity contribution in [1.29, 1.82) is 0 Å². The standard InChI is InChI=1S/C22H29ClN6/c1-15(2)24-13-6-9-18-21(19-10-5-11-20(23)29(19)28-18)17-12-14-25-22(27-17)26-16-7-3-4-8-16/h5,10-12,14-16,24H,3-4,6-9,13H2,1-2H3,(H,25,26,27). The van der Waals surface area contributed by atoms with Crippen LogP contribution in [-0.2, 0) is 6.42 Å². The molecule has 3 heterocycles. The van der Waals surface area contributed by atoms with Gasteiger partial charge in [-0.1, -0.05) is 44.4 Å². The Kier molecular flexibility index (Phi) is 6.31. The fourth-order valence-corrected chi connectivity index (χ4v) is 4.21. The van der Waals surface area contributed by atoms with Crippen molar-refractivity contribution >= 4 is 23.1 Å². The maximum absolute atomic E-state index is 6.42. The Morgan fingerprint density at radius 1 is 1.21 bits per heavy atom. The number of hydrogen-bond acceptors (Lipinski definition) is 5. The molecule has 0 unspecified atom stereocenters. The number of nitrogens with zero attached hydrogens (tertiary/aromatic N) is 4. The molecule has 3 aromatic heterocycles. The molecule has 3 aromatic rings.